The molecule has 0 bridgehead atoms. The molecule has 0 spiro atoms. The zero-order valence-corrected chi connectivity index (χ0v) is 12.3. The van der Waals surface area contributed by atoms with Crippen LogP contribution in [0.25, 0.3) is 0 Å². The first-order chi connectivity index (χ1) is 8.74. The van der Waals surface area contributed by atoms with Crippen molar-refractivity contribution in [3.05, 3.63) is 0 Å². The SMILES string of the molecule is CC1CCN(CCNCC2CCCN(C)C2)CC1. The molecule has 0 saturated carbocycles. The highest BCUT2D eigenvalue weighted by molar-refractivity contribution is 4.74. The van der Waals surface area contributed by atoms with Crippen LogP contribution < -0.4 is 5.32 Å². The van der Waals surface area contributed by atoms with Crippen LogP contribution in [0.2, 0.25) is 0 Å². The molecular formula is C15H31N3. The highest BCUT2D eigenvalue weighted by atomic mass is 15.1. The Hall–Kier alpha value is -0.120. The van der Waals surface area contributed by atoms with E-state index in [-0.39, 0.29) is 0 Å². The van der Waals surface area contributed by atoms with Crippen molar-refractivity contribution in [1.82, 2.24) is 15.1 Å². The molecule has 0 radical (unpaired) electrons. The molecule has 2 saturated heterocycles. The highest BCUT2D eigenvalue weighted by Gasteiger charge is 2.17. The average molecular weight is 253 g/mol. The second kappa shape index (κ2) is 7.46. The minimum Gasteiger partial charge on any atom is -0.315 e. The molecule has 1 N–H and O–H groups in total. The van der Waals surface area contributed by atoms with Gasteiger partial charge in [0.25, 0.3) is 0 Å². The van der Waals surface area contributed by atoms with E-state index < -0.39 is 0 Å². The third-order valence-electron chi connectivity index (χ3n) is 4.64. The summed E-state index contributed by atoms with van der Waals surface area (Å²) >= 11 is 0. The average Bonchev–Trinajstić information content (AvgIpc) is 2.37. The second-order valence-corrected chi connectivity index (χ2v) is 6.50. The lowest BCUT2D eigenvalue weighted by Gasteiger charge is -2.31. The van der Waals surface area contributed by atoms with E-state index in [2.05, 4.69) is 29.1 Å². The molecule has 2 fully saturated rings. The maximum atomic E-state index is 3.67. The lowest BCUT2D eigenvalue weighted by molar-refractivity contribution is 0.184. The van der Waals surface area contributed by atoms with Gasteiger partial charge in [0.1, 0.15) is 0 Å². The van der Waals surface area contributed by atoms with E-state index in [1.165, 1.54) is 71.5 Å². The number of nitrogens with one attached hydrogen (secondary N) is 1. The Bertz CT molecular complexity index is 224. The van der Waals surface area contributed by atoms with Gasteiger partial charge in [-0.2, -0.15) is 0 Å². The summed E-state index contributed by atoms with van der Waals surface area (Å²) in [6.45, 7) is 11.2. The van der Waals surface area contributed by atoms with E-state index >= 15 is 0 Å². The van der Waals surface area contributed by atoms with Crippen molar-refractivity contribution < 1.29 is 0 Å². The third-order valence-corrected chi connectivity index (χ3v) is 4.64. The van der Waals surface area contributed by atoms with Gasteiger partial charge in [0.05, 0.1) is 0 Å². The van der Waals surface area contributed by atoms with Gasteiger partial charge >= 0.3 is 0 Å². The van der Waals surface area contributed by atoms with Crippen LogP contribution in [0.1, 0.15) is 32.6 Å². The molecule has 2 heterocycles. The van der Waals surface area contributed by atoms with E-state index in [9.17, 15) is 0 Å². The number of rotatable bonds is 5. The zero-order valence-electron chi connectivity index (χ0n) is 12.3. The van der Waals surface area contributed by atoms with Gasteiger partial charge in [0.2, 0.25) is 0 Å². The summed E-state index contributed by atoms with van der Waals surface area (Å²) in [5.74, 6) is 1.83. The molecule has 0 amide bonds. The van der Waals surface area contributed by atoms with Crippen LogP contribution in [0, 0.1) is 11.8 Å². The van der Waals surface area contributed by atoms with E-state index in [0.29, 0.717) is 0 Å². The number of hydrogen-bond donors (Lipinski definition) is 1. The summed E-state index contributed by atoms with van der Waals surface area (Å²) in [7, 11) is 2.25. The summed E-state index contributed by atoms with van der Waals surface area (Å²) in [5.41, 5.74) is 0. The predicted octanol–water partition coefficient (Wildman–Crippen LogP) is 1.65. The molecule has 3 heteroatoms. The Morgan fingerprint density at radius 3 is 2.61 bits per heavy atom. The molecule has 2 aliphatic rings. The molecule has 0 aromatic rings. The fourth-order valence-corrected chi connectivity index (χ4v) is 3.27. The molecule has 106 valence electrons. The van der Waals surface area contributed by atoms with E-state index in [1.807, 2.05) is 0 Å². The number of likely N-dealkylation sites (tertiary alicyclic amines) is 2. The minimum absolute atomic E-state index is 0.880. The zero-order chi connectivity index (χ0) is 12.8. The Morgan fingerprint density at radius 2 is 1.89 bits per heavy atom. The van der Waals surface area contributed by atoms with Crippen molar-refractivity contribution in [3.8, 4) is 0 Å². The predicted molar refractivity (Wildman–Crippen MR) is 77.9 cm³/mol. The highest BCUT2D eigenvalue weighted by Crippen LogP contribution is 2.15. The van der Waals surface area contributed by atoms with Crippen molar-refractivity contribution in [2.45, 2.75) is 32.6 Å². The molecule has 18 heavy (non-hydrogen) atoms. The van der Waals surface area contributed by atoms with Gasteiger partial charge in [-0.25, -0.2) is 0 Å². The Balaban J connectivity index is 1.50. The first kappa shape index (κ1) is 14.3. The van der Waals surface area contributed by atoms with E-state index in [1.54, 1.807) is 0 Å². The van der Waals surface area contributed by atoms with Gasteiger partial charge < -0.3 is 15.1 Å². The summed E-state index contributed by atoms with van der Waals surface area (Å²) < 4.78 is 0. The monoisotopic (exact) mass is 253 g/mol. The Morgan fingerprint density at radius 1 is 1.11 bits per heavy atom. The molecule has 0 aromatic carbocycles. The number of hydrogen-bond acceptors (Lipinski definition) is 3. The van der Waals surface area contributed by atoms with Crippen LogP contribution in [0.3, 0.4) is 0 Å². The fraction of sp³-hybridized carbons (Fsp3) is 1.00. The first-order valence-corrected chi connectivity index (χ1v) is 7.85. The topological polar surface area (TPSA) is 18.5 Å². The van der Waals surface area contributed by atoms with Crippen molar-refractivity contribution in [2.75, 3.05) is 52.9 Å². The van der Waals surface area contributed by atoms with Crippen LogP contribution in [-0.4, -0.2) is 62.7 Å². The smallest absolute Gasteiger partial charge is 0.0107 e. The largest absolute Gasteiger partial charge is 0.315 e. The molecular weight excluding hydrogens is 222 g/mol. The summed E-state index contributed by atoms with van der Waals surface area (Å²) in [4.78, 5) is 5.10. The molecule has 1 unspecified atom stereocenters. The normalized spacial score (nSPS) is 28.7. The minimum atomic E-state index is 0.880. The maximum absolute atomic E-state index is 3.67. The molecule has 1 atom stereocenters. The molecule has 2 rings (SSSR count). The summed E-state index contributed by atoms with van der Waals surface area (Å²) in [6.07, 6.45) is 5.59. The summed E-state index contributed by atoms with van der Waals surface area (Å²) in [6, 6.07) is 0. The van der Waals surface area contributed by atoms with Gasteiger partial charge in [-0.05, 0) is 70.7 Å². The second-order valence-electron chi connectivity index (χ2n) is 6.50. The van der Waals surface area contributed by atoms with Crippen LogP contribution in [-0.2, 0) is 0 Å². The maximum Gasteiger partial charge on any atom is 0.0107 e. The number of piperidine rings is 2. The third kappa shape index (κ3) is 4.87. The van der Waals surface area contributed by atoms with Crippen LogP contribution in [0.5, 0.6) is 0 Å². The Kier molecular flexibility index (Phi) is 5.93. The lowest BCUT2D eigenvalue weighted by Crippen LogP contribution is -2.41. The van der Waals surface area contributed by atoms with E-state index in [4.69, 9.17) is 0 Å². The van der Waals surface area contributed by atoms with Crippen molar-refractivity contribution in [1.29, 1.82) is 0 Å². The van der Waals surface area contributed by atoms with Gasteiger partial charge in [0.15, 0.2) is 0 Å². The van der Waals surface area contributed by atoms with Crippen molar-refractivity contribution >= 4 is 0 Å². The molecule has 0 aromatic heterocycles. The van der Waals surface area contributed by atoms with Gasteiger partial charge in [0, 0.05) is 19.6 Å². The van der Waals surface area contributed by atoms with Crippen LogP contribution in [0.4, 0.5) is 0 Å². The van der Waals surface area contributed by atoms with Crippen molar-refractivity contribution in [3.63, 3.8) is 0 Å². The van der Waals surface area contributed by atoms with Crippen molar-refractivity contribution in [2.24, 2.45) is 11.8 Å². The quantitative estimate of drug-likeness (QED) is 0.752. The number of nitrogens with zero attached hydrogens (tertiary/aromatic N) is 2. The Labute approximate surface area is 113 Å². The van der Waals surface area contributed by atoms with E-state index in [0.717, 1.165) is 11.8 Å². The van der Waals surface area contributed by atoms with Gasteiger partial charge in [-0.3, -0.25) is 0 Å². The summed E-state index contributed by atoms with van der Waals surface area (Å²) in [5, 5.41) is 3.67. The van der Waals surface area contributed by atoms with Gasteiger partial charge in [-0.15, -0.1) is 0 Å². The van der Waals surface area contributed by atoms with Gasteiger partial charge in [-0.1, -0.05) is 6.92 Å². The van der Waals surface area contributed by atoms with Crippen LogP contribution >= 0.6 is 0 Å². The molecule has 2 aliphatic heterocycles. The molecule has 0 aliphatic carbocycles. The van der Waals surface area contributed by atoms with Crippen LogP contribution in [0.15, 0.2) is 0 Å². The lowest BCUT2D eigenvalue weighted by atomic mass is 9.98. The fourth-order valence-electron chi connectivity index (χ4n) is 3.27. The standard InChI is InChI=1S/C15H31N3/c1-14-5-9-18(10-6-14)11-7-16-12-15-4-3-8-17(2)13-15/h14-16H,3-13H2,1-2H3. The first-order valence-electron chi connectivity index (χ1n) is 7.85. The molecule has 3 nitrogen and oxygen atoms in total.